The van der Waals surface area contributed by atoms with Crippen LogP contribution < -0.4 is 4.90 Å². The summed E-state index contributed by atoms with van der Waals surface area (Å²) in [7, 11) is 0. The molecule has 266 valence electrons. The Balaban J connectivity index is 1.14. The van der Waals surface area contributed by atoms with E-state index in [-0.39, 0.29) is 0 Å². The smallest absolute Gasteiger partial charge is 0.136 e. The van der Waals surface area contributed by atoms with Crippen LogP contribution >= 0.6 is 0 Å². The third-order valence-electron chi connectivity index (χ3n) is 12.3. The third-order valence-corrected chi connectivity index (χ3v) is 12.3. The summed E-state index contributed by atoms with van der Waals surface area (Å²) < 4.78 is 6.51. The Morgan fingerprint density at radius 1 is 0.351 bits per heavy atom. The van der Waals surface area contributed by atoms with Crippen molar-refractivity contribution in [3.8, 4) is 44.5 Å². The van der Waals surface area contributed by atoms with Crippen molar-refractivity contribution in [1.82, 2.24) is 0 Å². The van der Waals surface area contributed by atoms with Gasteiger partial charge in [0.05, 0.1) is 11.1 Å². The van der Waals surface area contributed by atoms with Gasteiger partial charge in [-0.2, -0.15) is 0 Å². The van der Waals surface area contributed by atoms with Gasteiger partial charge in [0.2, 0.25) is 0 Å². The van der Waals surface area contributed by atoms with Gasteiger partial charge in [-0.05, 0) is 104 Å². The molecular formula is C55H35NO. The monoisotopic (exact) mass is 725 g/mol. The van der Waals surface area contributed by atoms with Crippen LogP contribution in [0.15, 0.2) is 217 Å². The summed E-state index contributed by atoms with van der Waals surface area (Å²) in [6.07, 6.45) is 0. The molecule has 0 saturated heterocycles. The second kappa shape index (κ2) is 12.3. The molecule has 2 aliphatic carbocycles. The molecule has 2 nitrogen and oxygen atoms in total. The fourth-order valence-electron chi connectivity index (χ4n) is 9.96. The molecule has 0 bridgehead atoms. The summed E-state index contributed by atoms with van der Waals surface area (Å²) in [6.45, 7) is 0. The molecule has 0 aliphatic heterocycles. The number of nitrogens with zero attached hydrogens (tertiary/aromatic N) is 1. The lowest BCUT2D eigenvalue weighted by atomic mass is 9.70. The van der Waals surface area contributed by atoms with Gasteiger partial charge >= 0.3 is 0 Å². The average Bonchev–Trinajstić information content (AvgIpc) is 3.91. The molecule has 1 aromatic heterocycles. The van der Waals surface area contributed by atoms with Crippen molar-refractivity contribution in [2.45, 2.75) is 5.41 Å². The van der Waals surface area contributed by atoms with Crippen LogP contribution in [0.3, 0.4) is 0 Å². The van der Waals surface area contributed by atoms with Crippen LogP contribution in [0.4, 0.5) is 17.1 Å². The van der Waals surface area contributed by atoms with Gasteiger partial charge in [-0.15, -0.1) is 0 Å². The molecule has 2 aliphatic rings. The molecule has 0 amide bonds. The minimum atomic E-state index is -0.526. The predicted molar refractivity (Wildman–Crippen MR) is 236 cm³/mol. The van der Waals surface area contributed by atoms with E-state index in [2.05, 4.69) is 217 Å². The number of para-hydroxylation sites is 2. The highest BCUT2D eigenvalue weighted by atomic mass is 16.3. The van der Waals surface area contributed by atoms with Gasteiger partial charge in [0, 0.05) is 27.7 Å². The van der Waals surface area contributed by atoms with E-state index in [1.807, 2.05) is 0 Å². The van der Waals surface area contributed by atoms with Crippen LogP contribution in [0.1, 0.15) is 22.3 Å². The van der Waals surface area contributed by atoms with Gasteiger partial charge < -0.3 is 9.32 Å². The van der Waals surface area contributed by atoms with Crippen LogP contribution in [0.25, 0.3) is 66.4 Å². The van der Waals surface area contributed by atoms with E-state index in [1.165, 1.54) is 72.1 Å². The number of rotatable bonds is 5. The van der Waals surface area contributed by atoms with Gasteiger partial charge in [-0.25, -0.2) is 0 Å². The first kappa shape index (κ1) is 31.9. The molecule has 1 heterocycles. The molecular weight excluding hydrogens is 691 g/mol. The number of hydrogen-bond donors (Lipinski definition) is 0. The highest BCUT2D eigenvalue weighted by molar-refractivity contribution is 6.16. The first-order chi connectivity index (χ1) is 28.3. The molecule has 12 rings (SSSR count). The number of benzene rings is 9. The predicted octanol–water partition coefficient (Wildman–Crippen LogP) is 14.7. The largest absolute Gasteiger partial charge is 0.456 e. The zero-order chi connectivity index (χ0) is 37.5. The molecule has 1 unspecified atom stereocenters. The third kappa shape index (κ3) is 4.53. The van der Waals surface area contributed by atoms with E-state index in [4.69, 9.17) is 4.42 Å². The Labute approximate surface area is 331 Å². The molecule has 2 heteroatoms. The fourth-order valence-corrected chi connectivity index (χ4v) is 9.96. The van der Waals surface area contributed by atoms with Gasteiger partial charge in [0.1, 0.15) is 11.2 Å². The molecule has 1 spiro atoms. The molecule has 0 radical (unpaired) electrons. The van der Waals surface area contributed by atoms with Crippen LogP contribution in [-0.4, -0.2) is 0 Å². The van der Waals surface area contributed by atoms with Crippen molar-refractivity contribution < 1.29 is 4.42 Å². The highest BCUT2D eigenvalue weighted by Crippen LogP contribution is 2.65. The van der Waals surface area contributed by atoms with Crippen molar-refractivity contribution in [2.75, 3.05) is 4.90 Å². The number of fused-ring (bicyclic) bond motifs is 14. The second-order valence-electron chi connectivity index (χ2n) is 15.2. The minimum Gasteiger partial charge on any atom is -0.456 e. The van der Waals surface area contributed by atoms with Gasteiger partial charge in [-0.1, -0.05) is 170 Å². The molecule has 0 fully saturated rings. The van der Waals surface area contributed by atoms with E-state index < -0.39 is 5.41 Å². The maximum Gasteiger partial charge on any atom is 0.136 e. The van der Waals surface area contributed by atoms with Gasteiger partial charge in [-0.3, -0.25) is 0 Å². The van der Waals surface area contributed by atoms with Crippen LogP contribution in [-0.2, 0) is 5.41 Å². The first-order valence-corrected chi connectivity index (χ1v) is 19.7. The zero-order valence-corrected chi connectivity index (χ0v) is 31.1. The van der Waals surface area contributed by atoms with Crippen molar-refractivity contribution in [3.05, 3.63) is 235 Å². The molecule has 9 aromatic carbocycles. The van der Waals surface area contributed by atoms with Gasteiger partial charge in [0.15, 0.2) is 0 Å². The summed E-state index contributed by atoms with van der Waals surface area (Å²) in [4.78, 5) is 2.45. The maximum atomic E-state index is 6.51. The van der Waals surface area contributed by atoms with Crippen molar-refractivity contribution in [2.24, 2.45) is 0 Å². The van der Waals surface area contributed by atoms with Gasteiger partial charge in [0.25, 0.3) is 0 Å². The Bertz CT molecular complexity index is 3180. The Morgan fingerprint density at radius 2 is 0.930 bits per heavy atom. The molecule has 1 atom stereocenters. The molecule has 0 N–H and O–H groups in total. The SMILES string of the molecule is c1ccc(-c2ccc(N(c3ccc4c(c3)C3(c5ccccc5-4)c4ccccc4-c4c3ccc3oc5ccccc5c43)c3ccccc3-c3ccccc3)cc2)cc1. The van der Waals surface area contributed by atoms with Crippen molar-refractivity contribution in [1.29, 1.82) is 0 Å². The molecule has 57 heavy (non-hydrogen) atoms. The highest BCUT2D eigenvalue weighted by Gasteiger charge is 2.52. The van der Waals surface area contributed by atoms with E-state index in [9.17, 15) is 0 Å². The standard InChI is InChI=1S/C55H35NO/c1-3-15-36(16-4-1)37-27-29-39(30-28-37)56(50-25-13-9-19-41(50)38-17-5-2-6-18-38)40-31-32-43-42-20-7-11-23-46(42)55(49(43)35-40)47-24-12-8-21-44(47)53-48(55)33-34-52-54(53)45-22-10-14-26-51(45)57-52/h1-35H. The number of furan rings is 1. The van der Waals surface area contributed by atoms with E-state index in [0.29, 0.717) is 0 Å². The van der Waals surface area contributed by atoms with Crippen molar-refractivity contribution in [3.63, 3.8) is 0 Å². The second-order valence-corrected chi connectivity index (χ2v) is 15.2. The summed E-state index contributed by atoms with van der Waals surface area (Å²) in [5.41, 5.74) is 19.7. The van der Waals surface area contributed by atoms with E-state index in [0.717, 1.165) is 33.6 Å². The number of anilines is 3. The normalized spacial score (nSPS) is 14.7. The molecule has 0 saturated carbocycles. The summed E-state index contributed by atoms with van der Waals surface area (Å²) in [6, 6.07) is 77.4. The van der Waals surface area contributed by atoms with Crippen LogP contribution in [0, 0.1) is 0 Å². The zero-order valence-electron chi connectivity index (χ0n) is 31.1. The molecule has 10 aromatic rings. The first-order valence-electron chi connectivity index (χ1n) is 19.7. The Morgan fingerprint density at radius 3 is 1.72 bits per heavy atom. The lowest BCUT2D eigenvalue weighted by Gasteiger charge is -2.32. The minimum absolute atomic E-state index is 0.526. The van der Waals surface area contributed by atoms with Crippen LogP contribution in [0.5, 0.6) is 0 Å². The average molecular weight is 726 g/mol. The van der Waals surface area contributed by atoms with E-state index in [1.54, 1.807) is 0 Å². The lowest BCUT2D eigenvalue weighted by molar-refractivity contribution is 0.668. The fraction of sp³-hybridized carbons (Fsp3) is 0.0182. The maximum absolute atomic E-state index is 6.51. The lowest BCUT2D eigenvalue weighted by Crippen LogP contribution is -2.26. The summed E-state index contributed by atoms with van der Waals surface area (Å²) in [5, 5.41) is 2.34. The number of hydrogen-bond acceptors (Lipinski definition) is 2. The van der Waals surface area contributed by atoms with Crippen LogP contribution in [0.2, 0.25) is 0 Å². The quantitative estimate of drug-likeness (QED) is 0.176. The van der Waals surface area contributed by atoms with Crippen molar-refractivity contribution >= 4 is 39.0 Å². The topological polar surface area (TPSA) is 16.4 Å². The van der Waals surface area contributed by atoms with E-state index >= 15 is 0 Å². The Hall–Kier alpha value is -7.42. The Kier molecular flexibility index (Phi) is 6.88. The summed E-state index contributed by atoms with van der Waals surface area (Å²) >= 11 is 0. The summed E-state index contributed by atoms with van der Waals surface area (Å²) in [5.74, 6) is 0.